The van der Waals surface area contributed by atoms with Gasteiger partial charge in [-0.15, -0.1) is 0 Å². The Labute approximate surface area is 142 Å². The molecule has 0 aliphatic rings. The standard InChI is InChI=1S/C17H26N2O5/c1-5-24-14-8-6-13(7-9-14)15(11-23-4)18-17(22)19(3)10-12(2)16(20)21/h6-9,12,15H,5,10-11H2,1-4H3,(H,18,22)(H,20,21). The molecule has 7 nitrogen and oxygen atoms in total. The molecule has 0 spiro atoms. The topological polar surface area (TPSA) is 88.1 Å². The number of aliphatic carboxylic acids is 1. The van der Waals surface area contributed by atoms with Gasteiger partial charge in [0, 0.05) is 20.7 Å². The summed E-state index contributed by atoms with van der Waals surface area (Å²) in [5.74, 6) is -0.808. The van der Waals surface area contributed by atoms with Crippen LogP contribution in [0.4, 0.5) is 4.79 Å². The van der Waals surface area contributed by atoms with Crippen molar-refractivity contribution in [3.05, 3.63) is 29.8 Å². The van der Waals surface area contributed by atoms with Crippen molar-refractivity contribution in [1.82, 2.24) is 10.2 Å². The van der Waals surface area contributed by atoms with E-state index < -0.39 is 11.9 Å². The van der Waals surface area contributed by atoms with E-state index in [1.807, 2.05) is 31.2 Å². The third kappa shape index (κ3) is 6.08. The average molecular weight is 338 g/mol. The molecule has 0 aromatic heterocycles. The fraction of sp³-hybridized carbons (Fsp3) is 0.529. The van der Waals surface area contributed by atoms with Gasteiger partial charge in [0.05, 0.1) is 25.2 Å². The van der Waals surface area contributed by atoms with E-state index in [1.165, 1.54) is 4.90 Å². The molecule has 0 aliphatic carbocycles. The van der Waals surface area contributed by atoms with Crippen LogP contribution >= 0.6 is 0 Å². The van der Waals surface area contributed by atoms with Gasteiger partial charge in [-0.2, -0.15) is 0 Å². The van der Waals surface area contributed by atoms with Crippen molar-refractivity contribution in [2.45, 2.75) is 19.9 Å². The van der Waals surface area contributed by atoms with Gasteiger partial charge in [-0.25, -0.2) is 4.79 Å². The fourth-order valence-corrected chi connectivity index (χ4v) is 2.18. The zero-order valence-corrected chi connectivity index (χ0v) is 14.6. The Morgan fingerprint density at radius 3 is 2.42 bits per heavy atom. The molecule has 2 atom stereocenters. The minimum Gasteiger partial charge on any atom is -0.494 e. The second-order valence-electron chi connectivity index (χ2n) is 5.58. The molecule has 2 amide bonds. The average Bonchev–Trinajstić information content (AvgIpc) is 2.55. The number of amides is 2. The first kappa shape index (κ1) is 19.8. The number of nitrogens with one attached hydrogen (secondary N) is 1. The molecule has 0 saturated heterocycles. The lowest BCUT2D eigenvalue weighted by Crippen LogP contribution is -2.43. The SMILES string of the molecule is CCOc1ccc(C(COC)NC(=O)N(C)CC(C)C(=O)O)cc1. The van der Waals surface area contributed by atoms with E-state index in [0.717, 1.165) is 11.3 Å². The number of hydrogen-bond donors (Lipinski definition) is 2. The lowest BCUT2D eigenvalue weighted by Gasteiger charge is -2.24. The van der Waals surface area contributed by atoms with Crippen molar-refractivity contribution in [2.24, 2.45) is 5.92 Å². The highest BCUT2D eigenvalue weighted by Crippen LogP contribution is 2.18. The Morgan fingerprint density at radius 1 is 1.29 bits per heavy atom. The van der Waals surface area contributed by atoms with Gasteiger partial charge in [0.25, 0.3) is 0 Å². The molecule has 1 aromatic carbocycles. The minimum atomic E-state index is -0.936. The van der Waals surface area contributed by atoms with Gasteiger partial charge >= 0.3 is 12.0 Å². The highest BCUT2D eigenvalue weighted by Gasteiger charge is 2.20. The Morgan fingerprint density at radius 2 is 1.92 bits per heavy atom. The summed E-state index contributed by atoms with van der Waals surface area (Å²) < 4.78 is 10.6. The van der Waals surface area contributed by atoms with E-state index in [-0.39, 0.29) is 18.6 Å². The number of urea groups is 1. The van der Waals surface area contributed by atoms with Crippen molar-refractivity contribution in [2.75, 3.05) is 33.9 Å². The first-order valence-electron chi connectivity index (χ1n) is 7.85. The molecule has 0 fully saturated rings. The summed E-state index contributed by atoms with van der Waals surface area (Å²) in [6.45, 7) is 4.50. The number of carbonyl (C=O) groups excluding carboxylic acids is 1. The number of methoxy groups -OCH3 is 1. The van der Waals surface area contributed by atoms with E-state index >= 15 is 0 Å². The summed E-state index contributed by atoms with van der Waals surface area (Å²) in [5, 5.41) is 11.8. The monoisotopic (exact) mass is 338 g/mol. The van der Waals surface area contributed by atoms with Crippen LogP contribution in [0.25, 0.3) is 0 Å². The lowest BCUT2D eigenvalue weighted by atomic mass is 10.1. The third-order valence-corrected chi connectivity index (χ3v) is 3.54. The number of benzene rings is 1. The zero-order valence-electron chi connectivity index (χ0n) is 14.6. The van der Waals surface area contributed by atoms with Gasteiger partial charge in [0.15, 0.2) is 0 Å². The largest absolute Gasteiger partial charge is 0.494 e. The quantitative estimate of drug-likeness (QED) is 0.720. The van der Waals surface area contributed by atoms with E-state index in [9.17, 15) is 9.59 Å². The number of hydrogen-bond acceptors (Lipinski definition) is 4. The molecule has 7 heteroatoms. The molecule has 0 bridgehead atoms. The molecule has 2 unspecified atom stereocenters. The summed E-state index contributed by atoms with van der Waals surface area (Å²) in [7, 11) is 3.13. The fourth-order valence-electron chi connectivity index (χ4n) is 2.18. The minimum absolute atomic E-state index is 0.129. The van der Waals surface area contributed by atoms with Gasteiger partial charge in [-0.05, 0) is 24.6 Å². The predicted molar refractivity (Wildman–Crippen MR) is 90.2 cm³/mol. The van der Waals surface area contributed by atoms with Gasteiger partial charge in [0.1, 0.15) is 5.75 Å². The van der Waals surface area contributed by atoms with Crippen LogP contribution in [0.5, 0.6) is 5.75 Å². The lowest BCUT2D eigenvalue weighted by molar-refractivity contribution is -0.141. The summed E-state index contributed by atoms with van der Waals surface area (Å²) in [4.78, 5) is 24.5. The number of carbonyl (C=O) groups is 2. The van der Waals surface area contributed by atoms with E-state index in [4.69, 9.17) is 14.6 Å². The zero-order chi connectivity index (χ0) is 18.1. The Bertz CT molecular complexity index is 532. The summed E-state index contributed by atoms with van der Waals surface area (Å²) >= 11 is 0. The molecule has 0 saturated carbocycles. The van der Waals surface area contributed by atoms with Crippen molar-refractivity contribution in [1.29, 1.82) is 0 Å². The normalized spacial score (nSPS) is 13.0. The molecule has 2 N–H and O–H groups in total. The maximum Gasteiger partial charge on any atom is 0.317 e. The van der Waals surface area contributed by atoms with Gasteiger partial charge < -0.3 is 24.8 Å². The molecule has 0 heterocycles. The van der Waals surface area contributed by atoms with Gasteiger partial charge in [0.2, 0.25) is 0 Å². The molecule has 1 aromatic rings. The van der Waals surface area contributed by atoms with Crippen molar-refractivity contribution >= 4 is 12.0 Å². The molecule has 1 rings (SSSR count). The predicted octanol–water partition coefficient (Wildman–Crippen LogP) is 2.13. The van der Waals surface area contributed by atoms with E-state index in [2.05, 4.69) is 5.32 Å². The van der Waals surface area contributed by atoms with E-state index in [1.54, 1.807) is 21.1 Å². The number of nitrogens with zero attached hydrogens (tertiary/aromatic N) is 1. The summed E-state index contributed by atoms with van der Waals surface area (Å²) in [5.41, 5.74) is 0.883. The van der Waals surface area contributed by atoms with Crippen LogP contribution in [-0.4, -0.2) is 55.9 Å². The molecular formula is C17H26N2O5. The van der Waals surface area contributed by atoms with Crippen LogP contribution in [0.2, 0.25) is 0 Å². The number of carboxylic acid groups (broad SMARTS) is 1. The maximum atomic E-state index is 12.3. The summed E-state index contributed by atoms with van der Waals surface area (Å²) in [6, 6.07) is 6.73. The van der Waals surface area contributed by atoms with Crippen LogP contribution in [0, 0.1) is 5.92 Å². The molecule has 24 heavy (non-hydrogen) atoms. The third-order valence-electron chi connectivity index (χ3n) is 3.54. The van der Waals surface area contributed by atoms with Crippen LogP contribution in [0.15, 0.2) is 24.3 Å². The Hall–Kier alpha value is -2.28. The molecular weight excluding hydrogens is 312 g/mol. The molecule has 134 valence electrons. The van der Waals surface area contributed by atoms with Crippen LogP contribution < -0.4 is 10.1 Å². The number of rotatable bonds is 9. The smallest absolute Gasteiger partial charge is 0.317 e. The highest BCUT2D eigenvalue weighted by atomic mass is 16.5. The first-order chi connectivity index (χ1) is 11.4. The number of carboxylic acids is 1. The Kier molecular flexibility index (Phi) is 8.05. The van der Waals surface area contributed by atoms with Gasteiger partial charge in [-0.1, -0.05) is 19.1 Å². The van der Waals surface area contributed by atoms with Crippen molar-refractivity contribution < 1.29 is 24.2 Å². The molecule has 0 radical (unpaired) electrons. The highest BCUT2D eigenvalue weighted by molar-refractivity contribution is 5.76. The van der Waals surface area contributed by atoms with Crippen molar-refractivity contribution in [3.8, 4) is 5.75 Å². The Balaban J connectivity index is 2.73. The molecule has 0 aliphatic heterocycles. The van der Waals surface area contributed by atoms with Crippen LogP contribution in [0.3, 0.4) is 0 Å². The second-order valence-corrected chi connectivity index (χ2v) is 5.58. The van der Waals surface area contributed by atoms with Crippen LogP contribution in [0.1, 0.15) is 25.5 Å². The van der Waals surface area contributed by atoms with E-state index in [0.29, 0.717) is 13.2 Å². The van der Waals surface area contributed by atoms with Gasteiger partial charge in [-0.3, -0.25) is 4.79 Å². The first-order valence-corrected chi connectivity index (χ1v) is 7.85. The maximum absolute atomic E-state index is 12.3. The van der Waals surface area contributed by atoms with Crippen molar-refractivity contribution in [3.63, 3.8) is 0 Å². The second kappa shape index (κ2) is 9.77. The summed E-state index contributed by atoms with van der Waals surface area (Å²) in [6.07, 6.45) is 0. The van der Waals surface area contributed by atoms with Crippen LogP contribution in [-0.2, 0) is 9.53 Å². The number of ether oxygens (including phenoxy) is 2.